The summed E-state index contributed by atoms with van der Waals surface area (Å²) in [6, 6.07) is 26.3. The normalized spacial score (nSPS) is 11.8. The molecule has 5 heteroatoms. The van der Waals surface area contributed by atoms with Crippen LogP contribution < -0.4 is 4.46 Å². The zero-order valence-electron chi connectivity index (χ0n) is 16.6. The Morgan fingerprint density at radius 3 is 1.13 bits per heavy atom. The van der Waals surface area contributed by atoms with E-state index in [-0.39, 0.29) is 0 Å². The van der Waals surface area contributed by atoms with Crippen LogP contribution in [-0.4, -0.2) is 19.9 Å². The van der Waals surface area contributed by atoms with Crippen molar-refractivity contribution >= 4 is 50.8 Å². The molecule has 0 amide bonds. The molecule has 8 bridgehead atoms. The third-order valence-electron chi connectivity index (χ3n) is 4.78. The second-order valence-corrected chi connectivity index (χ2v) is 7.88. The molecule has 2 N–H and O–H groups in total. The first-order chi connectivity index (χ1) is 15.2. The van der Waals surface area contributed by atoms with Gasteiger partial charge in [-0.2, -0.15) is 0 Å². The summed E-state index contributed by atoms with van der Waals surface area (Å²) in [6.45, 7) is 0. The van der Waals surface area contributed by atoms with Crippen LogP contribution in [0.3, 0.4) is 0 Å². The number of nitrogens with one attached hydrogen (secondary N) is 2. The molecule has 2 aliphatic heterocycles. The summed E-state index contributed by atoms with van der Waals surface area (Å²) in [5, 5.41) is 0. The van der Waals surface area contributed by atoms with E-state index in [2.05, 4.69) is 60.2 Å². The maximum absolute atomic E-state index is 4.63. The number of aromatic nitrogens is 4. The molecule has 0 unspecified atom stereocenters. The summed E-state index contributed by atoms with van der Waals surface area (Å²) in [7, 11) is 0. The summed E-state index contributed by atoms with van der Waals surface area (Å²) >= 11 is 3.31. The molecule has 2 aliphatic rings. The fraction of sp³-hybridized carbons (Fsp3) is 0. The van der Waals surface area contributed by atoms with Crippen LogP contribution in [0.5, 0.6) is 0 Å². The van der Waals surface area contributed by atoms with Crippen molar-refractivity contribution in [3.8, 4) is 0 Å². The zero-order chi connectivity index (χ0) is 21.0. The molecule has 6 rings (SSSR count). The Hall–Kier alpha value is -3.66. The Labute approximate surface area is 188 Å². The third-order valence-corrected chi connectivity index (χ3v) is 5.17. The first-order valence-electron chi connectivity index (χ1n) is 9.95. The summed E-state index contributed by atoms with van der Waals surface area (Å²) in [4.78, 5) is 16.0. The zero-order valence-corrected chi connectivity index (χ0v) is 17.8. The van der Waals surface area contributed by atoms with Gasteiger partial charge >= 0.3 is 50.8 Å². The molecule has 3 aromatic heterocycles. The van der Waals surface area contributed by atoms with Crippen LogP contribution in [0.1, 0.15) is 22.8 Å². The molecule has 0 spiro atoms. The van der Waals surface area contributed by atoms with Crippen LogP contribution in [0.25, 0.3) is 46.4 Å². The van der Waals surface area contributed by atoms with Crippen LogP contribution >= 0.6 is 0 Å². The Bertz CT molecular complexity index is 1270. The minimum atomic E-state index is 0.939. The van der Waals surface area contributed by atoms with Crippen LogP contribution in [-0.2, 0) is 16.0 Å². The molecular formula is C26H19MnN4. The van der Waals surface area contributed by atoms with Gasteiger partial charge in [-0.15, -0.1) is 0 Å². The van der Waals surface area contributed by atoms with Crippen LogP contribution in [0.15, 0.2) is 78.9 Å². The summed E-state index contributed by atoms with van der Waals surface area (Å²) in [5.74, 6) is 0. The molecule has 150 valence electrons. The average molecular weight is 442 g/mol. The van der Waals surface area contributed by atoms with Crippen molar-refractivity contribution in [3.05, 3.63) is 102 Å². The molecular weight excluding hydrogens is 423 g/mol. The molecule has 5 heterocycles. The second-order valence-electron chi connectivity index (χ2n) is 7.20. The molecule has 0 radical (unpaired) electrons. The first kappa shape index (κ1) is 19.3. The molecule has 31 heavy (non-hydrogen) atoms. The van der Waals surface area contributed by atoms with Crippen LogP contribution in [0, 0.1) is 0 Å². The van der Waals surface area contributed by atoms with Gasteiger partial charge in [-0.1, -0.05) is 0 Å². The number of fused-ring (bicyclic) bond motifs is 8. The average Bonchev–Trinajstić information content (AvgIpc) is 3.55. The molecule has 0 saturated carbocycles. The van der Waals surface area contributed by atoms with Gasteiger partial charge in [-0.3, -0.25) is 0 Å². The number of H-pyrrole nitrogens is 2. The van der Waals surface area contributed by atoms with Crippen LogP contribution in [0.2, 0.25) is 0 Å². The van der Waals surface area contributed by atoms with E-state index in [4.69, 9.17) is 0 Å². The molecule has 4 aromatic rings. The van der Waals surface area contributed by atoms with Crippen molar-refractivity contribution < 1.29 is 16.0 Å². The molecule has 0 aliphatic carbocycles. The van der Waals surface area contributed by atoms with Crippen molar-refractivity contribution in [2.75, 3.05) is 0 Å². The molecule has 4 nitrogen and oxygen atoms in total. The van der Waals surface area contributed by atoms with Crippen molar-refractivity contribution in [3.63, 3.8) is 0 Å². The van der Waals surface area contributed by atoms with Crippen molar-refractivity contribution in [1.29, 1.82) is 0 Å². The summed E-state index contributed by atoms with van der Waals surface area (Å²) in [5.41, 5.74) is 7.86. The van der Waals surface area contributed by atoms with Gasteiger partial charge < -0.3 is 9.97 Å². The molecule has 0 atom stereocenters. The Morgan fingerprint density at radius 2 is 0.839 bits per heavy atom. The van der Waals surface area contributed by atoms with Gasteiger partial charge in [0.1, 0.15) is 0 Å². The van der Waals surface area contributed by atoms with E-state index in [9.17, 15) is 0 Å². The quantitative estimate of drug-likeness (QED) is 0.305. The maximum atomic E-state index is 4.63. The Balaban J connectivity index is 0.000000250. The van der Waals surface area contributed by atoms with Gasteiger partial charge in [0, 0.05) is 22.1 Å². The number of aromatic amines is 2. The van der Waals surface area contributed by atoms with E-state index in [0.29, 0.717) is 0 Å². The SMILES string of the molecule is C1=Cc2cc3ccc(cc4nc(cc5ccc(cc1n2)[nH]5)C=C4)[nH]3.[Mn][c]1ccccc1. The number of nitrogens with zero attached hydrogens (tertiary/aromatic N) is 2. The van der Waals surface area contributed by atoms with E-state index >= 15 is 0 Å². The summed E-state index contributed by atoms with van der Waals surface area (Å²) < 4.78 is 1.13. The van der Waals surface area contributed by atoms with Crippen molar-refractivity contribution in [1.82, 2.24) is 19.9 Å². The van der Waals surface area contributed by atoms with Crippen molar-refractivity contribution in [2.24, 2.45) is 0 Å². The minimum absolute atomic E-state index is 0.939. The Kier molecular flexibility index (Phi) is 5.36. The van der Waals surface area contributed by atoms with Crippen LogP contribution in [0.4, 0.5) is 0 Å². The van der Waals surface area contributed by atoms with Gasteiger partial charge in [0.2, 0.25) is 0 Å². The van der Waals surface area contributed by atoms with Crippen molar-refractivity contribution in [2.45, 2.75) is 0 Å². The van der Waals surface area contributed by atoms with E-state index in [1.165, 1.54) is 0 Å². The number of benzene rings is 1. The second kappa shape index (κ2) is 8.60. The fourth-order valence-corrected chi connectivity index (χ4v) is 3.59. The number of hydrogen-bond acceptors (Lipinski definition) is 2. The number of rotatable bonds is 0. The standard InChI is InChI=1S/C20H14N4.C6H5.Mn/c1-2-14-10-16-5-6-18(23-16)12-20-8-7-19(24-20)11-17-4-3-15(22-17)9-13(1)21-14;1-2-4-6-5-3-1;/h1-12,21,24H;1-5H;. The van der Waals surface area contributed by atoms with E-state index < -0.39 is 0 Å². The van der Waals surface area contributed by atoms with E-state index in [1.807, 2.05) is 78.9 Å². The predicted octanol–water partition coefficient (Wildman–Crippen LogP) is 5.51. The van der Waals surface area contributed by atoms with E-state index in [0.717, 1.165) is 49.3 Å². The van der Waals surface area contributed by atoms with Gasteiger partial charge in [0.05, 0.1) is 22.8 Å². The van der Waals surface area contributed by atoms with Gasteiger partial charge in [0.15, 0.2) is 0 Å². The van der Waals surface area contributed by atoms with E-state index in [1.54, 1.807) is 0 Å². The molecule has 1 aromatic carbocycles. The van der Waals surface area contributed by atoms with Gasteiger partial charge in [0.25, 0.3) is 0 Å². The monoisotopic (exact) mass is 442 g/mol. The van der Waals surface area contributed by atoms with Gasteiger partial charge in [-0.05, 0) is 72.8 Å². The fourth-order valence-electron chi connectivity index (χ4n) is 3.36. The molecule has 0 saturated heterocycles. The topological polar surface area (TPSA) is 57.4 Å². The van der Waals surface area contributed by atoms with Gasteiger partial charge in [-0.25, -0.2) is 9.97 Å². The predicted molar refractivity (Wildman–Crippen MR) is 125 cm³/mol. The summed E-state index contributed by atoms with van der Waals surface area (Å²) in [6.07, 6.45) is 8.09. The number of hydrogen-bond donors (Lipinski definition) is 2. The first-order valence-corrected chi connectivity index (χ1v) is 10.5. The molecule has 0 fully saturated rings. The Morgan fingerprint density at radius 1 is 0.484 bits per heavy atom. The third kappa shape index (κ3) is 4.92.